The van der Waals surface area contributed by atoms with Crippen molar-refractivity contribution in [3.05, 3.63) is 47.5 Å². The van der Waals surface area contributed by atoms with Gasteiger partial charge in [0.1, 0.15) is 13.2 Å². The van der Waals surface area contributed by atoms with Crippen LogP contribution < -0.4 is 9.47 Å². The lowest BCUT2D eigenvalue weighted by atomic mass is 9.93. The number of para-hydroxylation sites is 1. The van der Waals surface area contributed by atoms with Crippen molar-refractivity contribution in [3.63, 3.8) is 0 Å². The van der Waals surface area contributed by atoms with E-state index in [0.717, 1.165) is 23.5 Å². The maximum absolute atomic E-state index is 5.84. The van der Waals surface area contributed by atoms with Gasteiger partial charge in [-0.2, -0.15) is 0 Å². The molecular formula is C17H18O2. The van der Waals surface area contributed by atoms with Crippen LogP contribution in [0.15, 0.2) is 36.4 Å². The molecule has 0 unspecified atom stereocenters. The Morgan fingerprint density at radius 2 is 1.79 bits per heavy atom. The topological polar surface area (TPSA) is 18.5 Å². The highest BCUT2D eigenvalue weighted by Crippen LogP contribution is 2.42. The molecule has 0 amide bonds. The van der Waals surface area contributed by atoms with E-state index in [1.165, 1.54) is 16.7 Å². The second-order valence-electron chi connectivity index (χ2n) is 4.79. The molecule has 0 aromatic heterocycles. The molecule has 1 heterocycles. The van der Waals surface area contributed by atoms with Crippen molar-refractivity contribution in [2.75, 3.05) is 13.2 Å². The number of ether oxygens (including phenoxy) is 2. The molecule has 0 aliphatic carbocycles. The van der Waals surface area contributed by atoms with Crippen molar-refractivity contribution in [2.45, 2.75) is 20.3 Å². The Bertz CT molecular complexity index is 602. The summed E-state index contributed by atoms with van der Waals surface area (Å²) >= 11 is 0. The van der Waals surface area contributed by atoms with Gasteiger partial charge in [0.2, 0.25) is 0 Å². The van der Waals surface area contributed by atoms with Gasteiger partial charge < -0.3 is 9.47 Å². The van der Waals surface area contributed by atoms with Gasteiger partial charge in [-0.1, -0.05) is 37.3 Å². The fourth-order valence-electron chi connectivity index (χ4n) is 2.68. The normalized spacial score (nSPS) is 13.4. The van der Waals surface area contributed by atoms with E-state index < -0.39 is 0 Å². The summed E-state index contributed by atoms with van der Waals surface area (Å²) in [6.45, 7) is 5.59. The van der Waals surface area contributed by atoms with Crippen LogP contribution in [0.3, 0.4) is 0 Å². The van der Waals surface area contributed by atoms with Crippen molar-refractivity contribution < 1.29 is 9.47 Å². The Morgan fingerprint density at radius 1 is 1.00 bits per heavy atom. The van der Waals surface area contributed by atoms with Crippen LogP contribution in [0, 0.1) is 6.92 Å². The lowest BCUT2D eigenvalue weighted by Crippen LogP contribution is -2.16. The molecule has 0 saturated carbocycles. The molecule has 0 radical (unpaired) electrons. The summed E-state index contributed by atoms with van der Waals surface area (Å²) < 4.78 is 11.5. The molecule has 0 bridgehead atoms. The van der Waals surface area contributed by atoms with Crippen LogP contribution in [0.4, 0.5) is 0 Å². The smallest absolute Gasteiger partial charge is 0.169 e. The second-order valence-corrected chi connectivity index (χ2v) is 4.79. The molecule has 2 heteroatoms. The van der Waals surface area contributed by atoms with Gasteiger partial charge in [-0.15, -0.1) is 0 Å². The lowest BCUT2D eigenvalue weighted by molar-refractivity contribution is 0.172. The van der Waals surface area contributed by atoms with Crippen molar-refractivity contribution >= 4 is 0 Å². The largest absolute Gasteiger partial charge is 0.486 e. The summed E-state index contributed by atoms with van der Waals surface area (Å²) in [6, 6.07) is 12.6. The van der Waals surface area contributed by atoms with E-state index in [4.69, 9.17) is 9.47 Å². The lowest BCUT2D eigenvalue weighted by Gasteiger charge is -2.22. The zero-order valence-corrected chi connectivity index (χ0v) is 11.4. The maximum atomic E-state index is 5.84. The van der Waals surface area contributed by atoms with E-state index in [1.54, 1.807) is 0 Å². The molecular weight excluding hydrogens is 236 g/mol. The van der Waals surface area contributed by atoms with Crippen LogP contribution in [0.1, 0.15) is 18.1 Å². The maximum Gasteiger partial charge on any atom is 0.169 e. The average Bonchev–Trinajstić information content (AvgIpc) is 2.46. The molecule has 1 aliphatic rings. The SMILES string of the molecule is CCc1cccc(C)c1-c1cccc2c1OCCO2. The fraction of sp³-hybridized carbons (Fsp3) is 0.294. The predicted molar refractivity (Wildman–Crippen MR) is 77.0 cm³/mol. The molecule has 98 valence electrons. The first-order valence-corrected chi connectivity index (χ1v) is 6.78. The third-order valence-corrected chi connectivity index (χ3v) is 3.58. The van der Waals surface area contributed by atoms with E-state index in [0.29, 0.717) is 13.2 Å². The fourth-order valence-corrected chi connectivity index (χ4v) is 2.68. The molecule has 2 aromatic carbocycles. The van der Waals surface area contributed by atoms with Gasteiger partial charge >= 0.3 is 0 Å². The minimum atomic E-state index is 0.622. The summed E-state index contributed by atoms with van der Waals surface area (Å²) in [5.74, 6) is 1.74. The van der Waals surface area contributed by atoms with Gasteiger partial charge in [-0.05, 0) is 36.1 Å². The molecule has 0 saturated heterocycles. The Balaban J connectivity index is 2.23. The number of aryl methyl sites for hydroxylation is 2. The third-order valence-electron chi connectivity index (χ3n) is 3.58. The molecule has 0 fully saturated rings. The summed E-state index contributed by atoms with van der Waals surface area (Å²) in [5.41, 5.74) is 5.06. The first-order valence-electron chi connectivity index (χ1n) is 6.78. The molecule has 2 nitrogen and oxygen atoms in total. The van der Waals surface area contributed by atoms with Crippen molar-refractivity contribution in [1.29, 1.82) is 0 Å². The van der Waals surface area contributed by atoms with Crippen LogP contribution in [-0.2, 0) is 6.42 Å². The third kappa shape index (κ3) is 2.07. The van der Waals surface area contributed by atoms with Crippen molar-refractivity contribution in [2.24, 2.45) is 0 Å². The number of hydrogen-bond acceptors (Lipinski definition) is 2. The zero-order chi connectivity index (χ0) is 13.2. The van der Waals surface area contributed by atoms with Crippen LogP contribution >= 0.6 is 0 Å². The van der Waals surface area contributed by atoms with Crippen molar-refractivity contribution in [3.8, 4) is 22.6 Å². The molecule has 19 heavy (non-hydrogen) atoms. The molecule has 0 atom stereocenters. The summed E-state index contributed by atoms with van der Waals surface area (Å²) in [6.07, 6.45) is 1.02. The van der Waals surface area contributed by atoms with Crippen LogP contribution in [-0.4, -0.2) is 13.2 Å². The van der Waals surface area contributed by atoms with Gasteiger partial charge in [0.15, 0.2) is 11.5 Å². The molecule has 0 N–H and O–H groups in total. The quantitative estimate of drug-likeness (QED) is 0.806. The second kappa shape index (κ2) is 4.96. The number of benzene rings is 2. The highest BCUT2D eigenvalue weighted by atomic mass is 16.6. The van der Waals surface area contributed by atoms with E-state index >= 15 is 0 Å². The minimum Gasteiger partial charge on any atom is -0.486 e. The Hall–Kier alpha value is -1.96. The molecule has 2 aromatic rings. The van der Waals surface area contributed by atoms with Gasteiger partial charge in [0, 0.05) is 5.56 Å². The van der Waals surface area contributed by atoms with Gasteiger partial charge in [-0.3, -0.25) is 0 Å². The van der Waals surface area contributed by atoms with Gasteiger partial charge in [-0.25, -0.2) is 0 Å². The Morgan fingerprint density at radius 3 is 2.63 bits per heavy atom. The highest BCUT2D eigenvalue weighted by Gasteiger charge is 2.19. The van der Waals surface area contributed by atoms with Gasteiger partial charge in [0.25, 0.3) is 0 Å². The standard InChI is InChI=1S/C17H18O2/c1-3-13-7-4-6-12(2)16(13)14-8-5-9-15-17(14)19-11-10-18-15/h4-9H,3,10-11H2,1-2H3. The number of hydrogen-bond donors (Lipinski definition) is 0. The molecule has 1 aliphatic heterocycles. The summed E-state index contributed by atoms with van der Waals surface area (Å²) in [5, 5.41) is 0. The van der Waals surface area contributed by atoms with E-state index in [2.05, 4.69) is 38.1 Å². The van der Waals surface area contributed by atoms with Crippen LogP contribution in [0.2, 0.25) is 0 Å². The van der Waals surface area contributed by atoms with Crippen molar-refractivity contribution in [1.82, 2.24) is 0 Å². The monoisotopic (exact) mass is 254 g/mol. The first-order chi connectivity index (χ1) is 9.31. The predicted octanol–water partition coefficient (Wildman–Crippen LogP) is 4.00. The Labute approximate surface area is 114 Å². The molecule has 0 spiro atoms. The number of rotatable bonds is 2. The van der Waals surface area contributed by atoms with E-state index in [9.17, 15) is 0 Å². The van der Waals surface area contributed by atoms with Crippen LogP contribution in [0.25, 0.3) is 11.1 Å². The zero-order valence-electron chi connectivity index (χ0n) is 11.4. The first kappa shape index (κ1) is 12.1. The highest BCUT2D eigenvalue weighted by molar-refractivity contribution is 5.78. The summed E-state index contributed by atoms with van der Waals surface area (Å²) in [7, 11) is 0. The summed E-state index contributed by atoms with van der Waals surface area (Å²) in [4.78, 5) is 0. The van der Waals surface area contributed by atoms with E-state index in [1.807, 2.05) is 12.1 Å². The Kier molecular flexibility index (Phi) is 3.16. The van der Waals surface area contributed by atoms with E-state index in [-0.39, 0.29) is 0 Å². The van der Waals surface area contributed by atoms with Crippen LogP contribution in [0.5, 0.6) is 11.5 Å². The molecule has 3 rings (SSSR count). The number of fused-ring (bicyclic) bond motifs is 1. The minimum absolute atomic E-state index is 0.622. The van der Waals surface area contributed by atoms with Gasteiger partial charge in [0.05, 0.1) is 0 Å². The average molecular weight is 254 g/mol.